The Labute approximate surface area is 110 Å². The fraction of sp³-hybridized carbons (Fsp3) is 0.562. The highest BCUT2D eigenvalue weighted by atomic mass is 15.1. The van der Waals surface area contributed by atoms with E-state index in [1.807, 2.05) is 6.07 Å². The summed E-state index contributed by atoms with van der Waals surface area (Å²) in [6.45, 7) is 5.08. The second-order valence-corrected chi connectivity index (χ2v) is 5.39. The van der Waals surface area contributed by atoms with E-state index in [1.165, 1.54) is 18.4 Å². The first-order valence-electron chi connectivity index (χ1n) is 6.95. The quantitative estimate of drug-likeness (QED) is 0.789. The van der Waals surface area contributed by atoms with E-state index in [9.17, 15) is 5.26 Å². The predicted molar refractivity (Wildman–Crippen MR) is 73.9 cm³/mol. The van der Waals surface area contributed by atoms with E-state index in [1.54, 1.807) is 0 Å². The Balaban J connectivity index is 1.99. The van der Waals surface area contributed by atoms with Crippen LogP contribution in [-0.4, -0.2) is 18.0 Å². The first-order valence-corrected chi connectivity index (χ1v) is 6.95. The zero-order chi connectivity index (χ0) is 12.8. The number of nitrogens with zero attached hydrogens (tertiary/aromatic N) is 2. The minimum absolute atomic E-state index is 0.0786. The summed E-state index contributed by atoms with van der Waals surface area (Å²) >= 11 is 0. The maximum Gasteiger partial charge on any atom is 0.0703 e. The van der Waals surface area contributed by atoms with Crippen LogP contribution in [-0.2, 0) is 6.54 Å². The van der Waals surface area contributed by atoms with Crippen LogP contribution in [0, 0.1) is 16.7 Å². The summed E-state index contributed by atoms with van der Waals surface area (Å²) in [5, 5.41) is 9.45. The molecule has 0 amide bonds. The predicted octanol–water partition coefficient (Wildman–Crippen LogP) is 3.59. The Hall–Kier alpha value is -1.33. The van der Waals surface area contributed by atoms with Crippen molar-refractivity contribution in [2.24, 2.45) is 5.41 Å². The second-order valence-electron chi connectivity index (χ2n) is 5.39. The standard InChI is InChI=1S/C16H22N2/c1-2-18(12-15-8-4-3-5-9-15)14-16(13-17)10-6-7-11-16/h3-5,8-9H,2,6-7,10-12,14H2,1H3. The summed E-state index contributed by atoms with van der Waals surface area (Å²) in [4.78, 5) is 2.41. The fourth-order valence-corrected chi connectivity index (χ4v) is 2.91. The largest absolute Gasteiger partial charge is 0.298 e. The molecule has 1 fully saturated rings. The highest BCUT2D eigenvalue weighted by molar-refractivity contribution is 5.15. The smallest absolute Gasteiger partial charge is 0.0703 e. The summed E-state index contributed by atoms with van der Waals surface area (Å²) in [5.74, 6) is 0. The van der Waals surface area contributed by atoms with E-state index >= 15 is 0 Å². The van der Waals surface area contributed by atoms with Gasteiger partial charge in [0.05, 0.1) is 11.5 Å². The van der Waals surface area contributed by atoms with Gasteiger partial charge in [-0.15, -0.1) is 0 Å². The molecule has 2 nitrogen and oxygen atoms in total. The van der Waals surface area contributed by atoms with Gasteiger partial charge in [-0.05, 0) is 24.9 Å². The monoisotopic (exact) mass is 242 g/mol. The highest BCUT2D eigenvalue weighted by Gasteiger charge is 2.35. The van der Waals surface area contributed by atoms with Crippen LogP contribution >= 0.6 is 0 Å². The van der Waals surface area contributed by atoms with Gasteiger partial charge in [-0.2, -0.15) is 5.26 Å². The van der Waals surface area contributed by atoms with Gasteiger partial charge in [0.1, 0.15) is 0 Å². The maximum atomic E-state index is 9.45. The lowest BCUT2D eigenvalue weighted by atomic mass is 9.87. The van der Waals surface area contributed by atoms with Gasteiger partial charge in [0.25, 0.3) is 0 Å². The van der Waals surface area contributed by atoms with Gasteiger partial charge in [0.2, 0.25) is 0 Å². The van der Waals surface area contributed by atoms with E-state index in [4.69, 9.17) is 0 Å². The summed E-state index contributed by atoms with van der Waals surface area (Å²) in [6, 6.07) is 13.1. The molecule has 2 heteroatoms. The number of rotatable bonds is 5. The van der Waals surface area contributed by atoms with Crippen LogP contribution in [0.1, 0.15) is 38.2 Å². The molecule has 1 aliphatic rings. The van der Waals surface area contributed by atoms with E-state index in [0.717, 1.165) is 32.5 Å². The first kappa shape index (κ1) is 13.1. The molecule has 96 valence electrons. The van der Waals surface area contributed by atoms with E-state index in [-0.39, 0.29) is 5.41 Å². The molecule has 0 saturated heterocycles. The van der Waals surface area contributed by atoms with Crippen LogP contribution < -0.4 is 0 Å². The van der Waals surface area contributed by atoms with Crippen molar-refractivity contribution < 1.29 is 0 Å². The molecule has 0 aliphatic heterocycles. The Morgan fingerprint density at radius 1 is 1.22 bits per heavy atom. The van der Waals surface area contributed by atoms with E-state index < -0.39 is 0 Å². The van der Waals surface area contributed by atoms with Crippen LogP contribution in [0.2, 0.25) is 0 Å². The minimum atomic E-state index is -0.0786. The molecular formula is C16H22N2. The van der Waals surface area contributed by atoms with Gasteiger partial charge in [-0.25, -0.2) is 0 Å². The molecule has 1 aromatic rings. The van der Waals surface area contributed by atoms with Crippen molar-refractivity contribution in [1.29, 1.82) is 5.26 Å². The third-order valence-corrected chi connectivity index (χ3v) is 4.02. The van der Waals surface area contributed by atoms with Crippen molar-refractivity contribution in [2.45, 2.75) is 39.2 Å². The number of hydrogen-bond donors (Lipinski definition) is 0. The second kappa shape index (κ2) is 6.02. The van der Waals surface area contributed by atoms with E-state index in [0.29, 0.717) is 0 Å². The lowest BCUT2D eigenvalue weighted by Gasteiger charge is -2.29. The fourth-order valence-electron chi connectivity index (χ4n) is 2.91. The molecular weight excluding hydrogens is 220 g/mol. The number of benzene rings is 1. The van der Waals surface area contributed by atoms with Gasteiger partial charge >= 0.3 is 0 Å². The number of hydrogen-bond acceptors (Lipinski definition) is 2. The molecule has 0 bridgehead atoms. The zero-order valence-electron chi connectivity index (χ0n) is 11.2. The molecule has 1 aliphatic carbocycles. The molecule has 0 radical (unpaired) electrons. The average Bonchev–Trinajstić information content (AvgIpc) is 2.88. The lowest BCUT2D eigenvalue weighted by molar-refractivity contribution is 0.195. The molecule has 0 atom stereocenters. The van der Waals surface area contributed by atoms with Crippen LogP contribution in [0.15, 0.2) is 30.3 Å². The first-order chi connectivity index (χ1) is 8.78. The van der Waals surface area contributed by atoms with Crippen molar-refractivity contribution in [1.82, 2.24) is 4.90 Å². The minimum Gasteiger partial charge on any atom is -0.298 e. The Morgan fingerprint density at radius 3 is 2.44 bits per heavy atom. The molecule has 0 N–H and O–H groups in total. The molecule has 0 heterocycles. The molecule has 0 aromatic heterocycles. The summed E-state index contributed by atoms with van der Waals surface area (Å²) < 4.78 is 0. The molecule has 18 heavy (non-hydrogen) atoms. The topological polar surface area (TPSA) is 27.0 Å². The van der Waals surface area contributed by atoms with Crippen molar-refractivity contribution in [2.75, 3.05) is 13.1 Å². The zero-order valence-corrected chi connectivity index (χ0v) is 11.2. The van der Waals surface area contributed by atoms with Crippen molar-refractivity contribution in [3.8, 4) is 6.07 Å². The van der Waals surface area contributed by atoms with Gasteiger partial charge in [0, 0.05) is 13.1 Å². The molecule has 0 unspecified atom stereocenters. The van der Waals surface area contributed by atoms with Crippen LogP contribution in [0.3, 0.4) is 0 Å². The summed E-state index contributed by atoms with van der Waals surface area (Å²) in [6.07, 6.45) is 4.59. The van der Waals surface area contributed by atoms with Crippen LogP contribution in [0.5, 0.6) is 0 Å². The van der Waals surface area contributed by atoms with Crippen LogP contribution in [0.4, 0.5) is 0 Å². The maximum absolute atomic E-state index is 9.45. The third kappa shape index (κ3) is 3.11. The Morgan fingerprint density at radius 2 is 1.89 bits per heavy atom. The SMILES string of the molecule is CCN(Cc1ccccc1)CC1(C#N)CCCC1. The normalized spacial score (nSPS) is 17.8. The summed E-state index contributed by atoms with van der Waals surface area (Å²) in [7, 11) is 0. The molecule has 1 aromatic carbocycles. The Bertz CT molecular complexity index is 399. The van der Waals surface area contributed by atoms with E-state index in [2.05, 4.69) is 42.2 Å². The van der Waals surface area contributed by atoms with Gasteiger partial charge in [-0.3, -0.25) is 4.90 Å². The van der Waals surface area contributed by atoms with Gasteiger partial charge in [-0.1, -0.05) is 50.1 Å². The third-order valence-electron chi connectivity index (χ3n) is 4.02. The molecule has 1 saturated carbocycles. The van der Waals surface area contributed by atoms with Crippen molar-refractivity contribution in [3.05, 3.63) is 35.9 Å². The van der Waals surface area contributed by atoms with Gasteiger partial charge < -0.3 is 0 Å². The molecule has 0 spiro atoms. The van der Waals surface area contributed by atoms with Crippen molar-refractivity contribution in [3.63, 3.8) is 0 Å². The Kier molecular flexibility index (Phi) is 4.38. The summed E-state index contributed by atoms with van der Waals surface area (Å²) in [5.41, 5.74) is 1.26. The van der Waals surface area contributed by atoms with Gasteiger partial charge in [0.15, 0.2) is 0 Å². The highest BCUT2D eigenvalue weighted by Crippen LogP contribution is 2.38. The average molecular weight is 242 g/mol. The van der Waals surface area contributed by atoms with Crippen LogP contribution in [0.25, 0.3) is 0 Å². The number of nitriles is 1. The molecule has 2 rings (SSSR count). The lowest BCUT2D eigenvalue weighted by Crippen LogP contribution is -2.35. The van der Waals surface area contributed by atoms with Crippen molar-refractivity contribution >= 4 is 0 Å².